The van der Waals surface area contributed by atoms with Crippen LogP contribution in [0.2, 0.25) is 0 Å². The maximum Gasteiger partial charge on any atom is 0.0474 e. The molecule has 1 aromatic rings. The van der Waals surface area contributed by atoms with Crippen LogP contribution in [-0.2, 0) is 0 Å². The second kappa shape index (κ2) is 5.55. The summed E-state index contributed by atoms with van der Waals surface area (Å²) in [6, 6.07) is 6.41. The number of benzene rings is 1. The van der Waals surface area contributed by atoms with E-state index in [1.165, 1.54) is 16.7 Å². The highest BCUT2D eigenvalue weighted by Crippen LogP contribution is 2.24. The SMILES string of the molecule is C#CCCC(NN)c1c(C)cccc1C. The minimum atomic E-state index is 0.155. The van der Waals surface area contributed by atoms with Gasteiger partial charge in [0.15, 0.2) is 0 Å². The van der Waals surface area contributed by atoms with Gasteiger partial charge in [-0.1, -0.05) is 18.2 Å². The molecule has 3 N–H and O–H groups in total. The van der Waals surface area contributed by atoms with Gasteiger partial charge in [0.1, 0.15) is 0 Å². The van der Waals surface area contributed by atoms with Gasteiger partial charge >= 0.3 is 0 Å². The molecule has 0 radical (unpaired) electrons. The van der Waals surface area contributed by atoms with Crippen molar-refractivity contribution in [3.05, 3.63) is 34.9 Å². The molecule has 2 nitrogen and oxygen atoms in total. The number of terminal acetylenes is 1. The minimum absolute atomic E-state index is 0.155. The van der Waals surface area contributed by atoms with Gasteiger partial charge in [-0.05, 0) is 37.0 Å². The zero-order valence-electron chi connectivity index (χ0n) is 9.38. The molecule has 1 rings (SSSR count). The first-order valence-corrected chi connectivity index (χ1v) is 5.16. The lowest BCUT2D eigenvalue weighted by Gasteiger charge is -2.19. The van der Waals surface area contributed by atoms with Gasteiger partial charge in [0.25, 0.3) is 0 Å². The monoisotopic (exact) mass is 202 g/mol. The molecular weight excluding hydrogens is 184 g/mol. The quantitative estimate of drug-likeness (QED) is 0.446. The molecule has 0 spiro atoms. The first kappa shape index (κ1) is 11.8. The number of aryl methyl sites for hydroxylation is 2. The summed E-state index contributed by atoms with van der Waals surface area (Å²) in [5, 5.41) is 0. The Kier molecular flexibility index (Phi) is 4.36. The van der Waals surface area contributed by atoms with E-state index in [0.717, 1.165) is 12.8 Å². The second-order valence-corrected chi connectivity index (χ2v) is 3.77. The van der Waals surface area contributed by atoms with Gasteiger partial charge in [0.2, 0.25) is 0 Å². The van der Waals surface area contributed by atoms with E-state index in [1.807, 2.05) is 0 Å². The topological polar surface area (TPSA) is 38.0 Å². The summed E-state index contributed by atoms with van der Waals surface area (Å²) in [5.41, 5.74) is 6.63. The summed E-state index contributed by atoms with van der Waals surface area (Å²) >= 11 is 0. The Morgan fingerprint density at radius 3 is 2.47 bits per heavy atom. The van der Waals surface area contributed by atoms with E-state index in [-0.39, 0.29) is 6.04 Å². The Bertz CT molecular complexity index is 343. The molecule has 1 aromatic carbocycles. The van der Waals surface area contributed by atoms with E-state index in [1.54, 1.807) is 0 Å². The minimum Gasteiger partial charge on any atom is -0.271 e. The lowest BCUT2D eigenvalue weighted by atomic mass is 9.94. The molecule has 0 aliphatic heterocycles. The average molecular weight is 202 g/mol. The molecule has 0 aliphatic carbocycles. The molecule has 0 saturated heterocycles. The molecule has 2 heteroatoms. The summed E-state index contributed by atoms with van der Waals surface area (Å²) < 4.78 is 0. The molecule has 0 fully saturated rings. The van der Waals surface area contributed by atoms with Crippen LogP contribution in [0.5, 0.6) is 0 Å². The van der Waals surface area contributed by atoms with Crippen molar-refractivity contribution in [2.24, 2.45) is 5.84 Å². The van der Waals surface area contributed by atoms with Gasteiger partial charge < -0.3 is 0 Å². The first-order valence-electron chi connectivity index (χ1n) is 5.16. The maximum atomic E-state index is 5.56. The predicted octanol–water partition coefficient (Wildman–Crippen LogP) is 2.22. The fraction of sp³-hybridized carbons (Fsp3) is 0.385. The van der Waals surface area contributed by atoms with E-state index in [9.17, 15) is 0 Å². The third kappa shape index (κ3) is 2.82. The Balaban J connectivity index is 2.96. The third-order valence-corrected chi connectivity index (χ3v) is 2.67. The standard InChI is InChI=1S/C13H18N2/c1-4-5-9-12(15-14)13-10(2)7-6-8-11(13)3/h1,6-8,12,15H,5,9,14H2,2-3H3. The molecule has 0 bridgehead atoms. The highest BCUT2D eigenvalue weighted by atomic mass is 15.2. The summed E-state index contributed by atoms with van der Waals surface area (Å²) in [7, 11) is 0. The summed E-state index contributed by atoms with van der Waals surface area (Å²) in [6.45, 7) is 4.20. The zero-order valence-corrected chi connectivity index (χ0v) is 9.38. The van der Waals surface area contributed by atoms with Crippen LogP contribution in [0.4, 0.5) is 0 Å². The number of hydrazine groups is 1. The first-order chi connectivity index (χ1) is 7.20. The zero-order chi connectivity index (χ0) is 11.3. The predicted molar refractivity (Wildman–Crippen MR) is 64.0 cm³/mol. The Hall–Kier alpha value is -1.30. The van der Waals surface area contributed by atoms with E-state index in [4.69, 9.17) is 12.3 Å². The van der Waals surface area contributed by atoms with Gasteiger partial charge in [-0.25, -0.2) is 0 Å². The van der Waals surface area contributed by atoms with Crippen molar-refractivity contribution in [3.8, 4) is 12.3 Å². The molecule has 0 heterocycles. The number of nitrogens with one attached hydrogen (secondary N) is 1. The summed E-state index contributed by atoms with van der Waals surface area (Å²) in [5.74, 6) is 8.21. The summed E-state index contributed by atoms with van der Waals surface area (Å²) in [6.07, 6.45) is 6.88. The average Bonchev–Trinajstić information content (AvgIpc) is 2.22. The fourth-order valence-corrected chi connectivity index (χ4v) is 1.92. The van der Waals surface area contributed by atoms with Crippen molar-refractivity contribution in [1.29, 1.82) is 0 Å². The normalized spacial score (nSPS) is 12.1. The van der Waals surface area contributed by atoms with Gasteiger partial charge in [-0.3, -0.25) is 11.3 Å². The number of hydrogen-bond donors (Lipinski definition) is 2. The van der Waals surface area contributed by atoms with Crippen LogP contribution in [0.15, 0.2) is 18.2 Å². The summed E-state index contributed by atoms with van der Waals surface area (Å²) in [4.78, 5) is 0. The third-order valence-electron chi connectivity index (χ3n) is 2.67. The van der Waals surface area contributed by atoms with Crippen molar-refractivity contribution >= 4 is 0 Å². The molecule has 80 valence electrons. The fourth-order valence-electron chi connectivity index (χ4n) is 1.92. The molecular formula is C13H18N2. The molecule has 0 saturated carbocycles. The van der Waals surface area contributed by atoms with Crippen molar-refractivity contribution in [3.63, 3.8) is 0 Å². The Morgan fingerprint density at radius 2 is 2.00 bits per heavy atom. The van der Waals surface area contributed by atoms with Gasteiger partial charge in [-0.15, -0.1) is 12.3 Å². The Labute approximate surface area is 91.8 Å². The van der Waals surface area contributed by atoms with Crippen LogP contribution in [0.3, 0.4) is 0 Å². The van der Waals surface area contributed by atoms with E-state index in [0.29, 0.717) is 0 Å². The van der Waals surface area contributed by atoms with Crippen LogP contribution in [-0.4, -0.2) is 0 Å². The molecule has 1 unspecified atom stereocenters. The number of hydrogen-bond acceptors (Lipinski definition) is 2. The van der Waals surface area contributed by atoms with Crippen molar-refractivity contribution < 1.29 is 0 Å². The molecule has 1 atom stereocenters. The maximum absolute atomic E-state index is 5.56. The van der Waals surface area contributed by atoms with E-state index in [2.05, 4.69) is 43.4 Å². The van der Waals surface area contributed by atoms with E-state index >= 15 is 0 Å². The lowest BCUT2D eigenvalue weighted by Crippen LogP contribution is -2.29. The molecule has 15 heavy (non-hydrogen) atoms. The smallest absolute Gasteiger partial charge is 0.0474 e. The molecule has 0 amide bonds. The van der Waals surface area contributed by atoms with Crippen molar-refractivity contribution in [2.45, 2.75) is 32.7 Å². The number of rotatable bonds is 4. The van der Waals surface area contributed by atoms with Crippen LogP contribution < -0.4 is 11.3 Å². The van der Waals surface area contributed by atoms with Crippen LogP contribution in [0.1, 0.15) is 35.6 Å². The second-order valence-electron chi connectivity index (χ2n) is 3.77. The van der Waals surface area contributed by atoms with Gasteiger partial charge in [0.05, 0.1) is 0 Å². The lowest BCUT2D eigenvalue weighted by molar-refractivity contribution is 0.519. The highest BCUT2D eigenvalue weighted by Gasteiger charge is 2.13. The highest BCUT2D eigenvalue weighted by molar-refractivity contribution is 5.36. The van der Waals surface area contributed by atoms with Crippen LogP contribution >= 0.6 is 0 Å². The molecule has 0 aliphatic rings. The number of nitrogens with two attached hydrogens (primary N) is 1. The van der Waals surface area contributed by atoms with Crippen LogP contribution in [0, 0.1) is 26.2 Å². The van der Waals surface area contributed by atoms with Gasteiger partial charge in [-0.2, -0.15) is 0 Å². The largest absolute Gasteiger partial charge is 0.271 e. The Morgan fingerprint density at radius 1 is 1.40 bits per heavy atom. The van der Waals surface area contributed by atoms with Crippen molar-refractivity contribution in [1.82, 2.24) is 5.43 Å². The van der Waals surface area contributed by atoms with Gasteiger partial charge in [0, 0.05) is 12.5 Å². The van der Waals surface area contributed by atoms with Crippen LogP contribution in [0.25, 0.3) is 0 Å². The van der Waals surface area contributed by atoms with Crippen molar-refractivity contribution in [2.75, 3.05) is 0 Å². The van der Waals surface area contributed by atoms with E-state index < -0.39 is 0 Å². The molecule has 0 aromatic heterocycles.